The van der Waals surface area contributed by atoms with Crippen LogP contribution in [-0.2, 0) is 4.79 Å². The number of carbonyl (C=O) groups excluding carboxylic acids is 3. The minimum absolute atomic E-state index is 0.0107. The van der Waals surface area contributed by atoms with Crippen molar-refractivity contribution in [1.29, 1.82) is 0 Å². The fourth-order valence-corrected chi connectivity index (χ4v) is 3.63. The van der Waals surface area contributed by atoms with Crippen molar-refractivity contribution >= 4 is 34.7 Å². The summed E-state index contributed by atoms with van der Waals surface area (Å²) < 4.78 is 13.5. The fourth-order valence-electron chi connectivity index (χ4n) is 2.94. The van der Waals surface area contributed by atoms with Gasteiger partial charge in [0.1, 0.15) is 5.82 Å². The van der Waals surface area contributed by atoms with E-state index in [0.29, 0.717) is 36.5 Å². The summed E-state index contributed by atoms with van der Waals surface area (Å²) in [5.74, 6) is -2.09. The molecule has 1 aliphatic rings. The Labute approximate surface area is 153 Å². The highest BCUT2D eigenvalue weighted by molar-refractivity contribution is 7.12. The third-order valence-corrected chi connectivity index (χ3v) is 5.24. The number of hydrogen-bond donors (Lipinski definition) is 2. The van der Waals surface area contributed by atoms with E-state index in [9.17, 15) is 18.8 Å². The van der Waals surface area contributed by atoms with Gasteiger partial charge in [0.2, 0.25) is 5.91 Å². The number of piperidine rings is 1. The van der Waals surface area contributed by atoms with E-state index < -0.39 is 11.7 Å². The number of primary amides is 1. The third kappa shape index (κ3) is 3.91. The van der Waals surface area contributed by atoms with E-state index in [1.807, 2.05) is 11.4 Å². The summed E-state index contributed by atoms with van der Waals surface area (Å²) in [6, 6.07) is 7.33. The molecule has 1 aromatic heterocycles. The summed E-state index contributed by atoms with van der Waals surface area (Å²) in [5.41, 5.74) is 5.17. The third-order valence-electron chi connectivity index (χ3n) is 4.38. The van der Waals surface area contributed by atoms with Gasteiger partial charge in [-0.15, -0.1) is 11.3 Å². The molecular formula is C18H18FN3O3S. The Bertz CT molecular complexity index is 830. The van der Waals surface area contributed by atoms with Crippen LogP contribution in [0, 0.1) is 11.7 Å². The lowest BCUT2D eigenvalue weighted by Gasteiger charge is -2.31. The van der Waals surface area contributed by atoms with Crippen LogP contribution < -0.4 is 11.1 Å². The Hall–Kier alpha value is -2.74. The highest BCUT2D eigenvalue weighted by Gasteiger charge is 2.28. The lowest BCUT2D eigenvalue weighted by Crippen LogP contribution is -2.41. The molecule has 136 valence electrons. The molecule has 0 aliphatic carbocycles. The molecule has 0 unspecified atom stereocenters. The summed E-state index contributed by atoms with van der Waals surface area (Å²) in [5, 5.41) is 4.55. The summed E-state index contributed by atoms with van der Waals surface area (Å²) in [6.45, 7) is 1.01. The molecule has 0 bridgehead atoms. The van der Waals surface area contributed by atoms with Gasteiger partial charge in [-0.1, -0.05) is 6.07 Å². The fraction of sp³-hybridized carbons (Fsp3) is 0.278. The monoisotopic (exact) mass is 375 g/mol. The van der Waals surface area contributed by atoms with Gasteiger partial charge in [0.25, 0.3) is 11.8 Å². The first-order valence-electron chi connectivity index (χ1n) is 8.18. The van der Waals surface area contributed by atoms with E-state index in [1.165, 1.54) is 23.5 Å². The molecule has 2 heterocycles. The molecule has 3 N–H and O–H groups in total. The van der Waals surface area contributed by atoms with Crippen molar-refractivity contribution < 1.29 is 18.8 Å². The number of nitrogens with two attached hydrogens (primary N) is 1. The average Bonchev–Trinajstić information content (AvgIpc) is 3.17. The Balaban J connectivity index is 1.58. The Morgan fingerprint density at radius 3 is 2.54 bits per heavy atom. The molecule has 26 heavy (non-hydrogen) atoms. The van der Waals surface area contributed by atoms with Gasteiger partial charge in [-0.25, -0.2) is 4.39 Å². The number of benzene rings is 1. The molecule has 1 saturated heterocycles. The molecule has 2 aromatic rings. The van der Waals surface area contributed by atoms with Crippen molar-refractivity contribution in [2.45, 2.75) is 12.8 Å². The zero-order chi connectivity index (χ0) is 18.7. The number of anilines is 1. The lowest BCUT2D eigenvalue weighted by atomic mass is 9.95. The molecule has 1 fully saturated rings. The second-order valence-corrected chi connectivity index (χ2v) is 7.04. The molecule has 1 aliphatic heterocycles. The molecule has 0 radical (unpaired) electrons. The van der Waals surface area contributed by atoms with E-state index >= 15 is 0 Å². The maximum absolute atomic E-state index is 13.5. The Morgan fingerprint density at radius 1 is 1.19 bits per heavy atom. The van der Waals surface area contributed by atoms with Crippen LogP contribution in [0.2, 0.25) is 0 Å². The van der Waals surface area contributed by atoms with Crippen LogP contribution >= 0.6 is 11.3 Å². The SMILES string of the molecule is NC(=O)c1cc(NC(=O)C2CCN(C(=O)c3cccs3)CC2)ccc1F. The first-order chi connectivity index (χ1) is 12.5. The molecule has 6 nitrogen and oxygen atoms in total. The molecule has 3 amide bonds. The first kappa shape index (κ1) is 18.1. The number of thiophene rings is 1. The maximum Gasteiger partial charge on any atom is 0.263 e. The topological polar surface area (TPSA) is 92.5 Å². The number of likely N-dealkylation sites (tertiary alicyclic amines) is 1. The zero-order valence-electron chi connectivity index (χ0n) is 13.9. The zero-order valence-corrected chi connectivity index (χ0v) is 14.7. The van der Waals surface area contributed by atoms with Gasteiger partial charge < -0.3 is 16.0 Å². The molecule has 0 saturated carbocycles. The molecule has 3 rings (SSSR count). The molecule has 8 heteroatoms. The second kappa shape index (κ2) is 7.65. The van der Waals surface area contributed by atoms with E-state index in [4.69, 9.17) is 5.73 Å². The van der Waals surface area contributed by atoms with Gasteiger partial charge in [0.05, 0.1) is 10.4 Å². The number of rotatable bonds is 4. The van der Waals surface area contributed by atoms with Crippen LogP contribution in [0.1, 0.15) is 32.9 Å². The number of nitrogens with zero attached hydrogens (tertiary/aromatic N) is 1. The van der Waals surface area contributed by atoms with Crippen LogP contribution in [-0.4, -0.2) is 35.7 Å². The average molecular weight is 375 g/mol. The van der Waals surface area contributed by atoms with Crippen LogP contribution in [0.15, 0.2) is 35.7 Å². The summed E-state index contributed by atoms with van der Waals surface area (Å²) in [4.78, 5) is 38.4. The van der Waals surface area contributed by atoms with Crippen molar-refractivity contribution in [2.24, 2.45) is 11.7 Å². The molecular weight excluding hydrogens is 357 g/mol. The number of halogens is 1. The van der Waals surface area contributed by atoms with Crippen molar-refractivity contribution in [1.82, 2.24) is 4.90 Å². The standard InChI is InChI=1S/C18H18FN3O3S/c19-14-4-3-12(10-13(14)16(20)23)21-17(24)11-5-7-22(8-6-11)18(25)15-2-1-9-26-15/h1-4,9-11H,5-8H2,(H2,20,23)(H,21,24). The van der Waals surface area contributed by atoms with Gasteiger partial charge in [0, 0.05) is 24.7 Å². The minimum atomic E-state index is -0.890. The van der Waals surface area contributed by atoms with Crippen LogP contribution in [0.4, 0.5) is 10.1 Å². The minimum Gasteiger partial charge on any atom is -0.366 e. The quantitative estimate of drug-likeness (QED) is 0.860. The summed E-state index contributed by atoms with van der Waals surface area (Å²) in [7, 11) is 0. The highest BCUT2D eigenvalue weighted by Crippen LogP contribution is 2.23. The first-order valence-corrected chi connectivity index (χ1v) is 9.06. The van der Waals surface area contributed by atoms with Gasteiger partial charge in [0.15, 0.2) is 0 Å². The van der Waals surface area contributed by atoms with Crippen molar-refractivity contribution in [3.05, 3.63) is 52.0 Å². The Kier molecular flexibility index (Phi) is 5.32. The molecule has 1 aromatic carbocycles. The highest BCUT2D eigenvalue weighted by atomic mass is 32.1. The number of hydrogen-bond acceptors (Lipinski definition) is 4. The predicted octanol–water partition coefficient (Wildman–Crippen LogP) is 2.48. The maximum atomic E-state index is 13.5. The summed E-state index contributed by atoms with van der Waals surface area (Å²) in [6.07, 6.45) is 1.10. The number of carbonyl (C=O) groups is 3. The van der Waals surface area contributed by atoms with Gasteiger partial charge in [-0.3, -0.25) is 14.4 Å². The van der Waals surface area contributed by atoms with Crippen molar-refractivity contribution in [3.8, 4) is 0 Å². The largest absolute Gasteiger partial charge is 0.366 e. The lowest BCUT2D eigenvalue weighted by molar-refractivity contribution is -0.121. The summed E-state index contributed by atoms with van der Waals surface area (Å²) >= 11 is 1.40. The van der Waals surface area contributed by atoms with Crippen LogP contribution in [0.25, 0.3) is 0 Å². The van der Waals surface area contributed by atoms with Gasteiger partial charge in [-0.05, 0) is 42.5 Å². The van der Waals surface area contributed by atoms with E-state index in [1.54, 1.807) is 11.0 Å². The van der Waals surface area contributed by atoms with E-state index in [2.05, 4.69) is 5.32 Å². The Morgan fingerprint density at radius 2 is 1.92 bits per heavy atom. The molecule has 0 spiro atoms. The number of nitrogens with one attached hydrogen (secondary N) is 1. The van der Waals surface area contributed by atoms with Gasteiger partial charge >= 0.3 is 0 Å². The van der Waals surface area contributed by atoms with Gasteiger partial charge in [-0.2, -0.15) is 0 Å². The van der Waals surface area contributed by atoms with E-state index in [-0.39, 0.29) is 23.3 Å². The molecule has 0 atom stereocenters. The second-order valence-electron chi connectivity index (χ2n) is 6.09. The van der Waals surface area contributed by atoms with Crippen molar-refractivity contribution in [3.63, 3.8) is 0 Å². The smallest absolute Gasteiger partial charge is 0.263 e. The van der Waals surface area contributed by atoms with E-state index in [0.717, 1.165) is 6.07 Å². The predicted molar refractivity (Wildman–Crippen MR) is 96.5 cm³/mol. The number of amides is 3. The van der Waals surface area contributed by atoms with Crippen LogP contribution in [0.5, 0.6) is 0 Å². The van der Waals surface area contributed by atoms with Crippen LogP contribution in [0.3, 0.4) is 0 Å². The normalized spacial score (nSPS) is 14.9. The van der Waals surface area contributed by atoms with Crippen molar-refractivity contribution in [2.75, 3.05) is 18.4 Å².